The number of morpholine rings is 1. The zero-order chi connectivity index (χ0) is 18.9. The lowest BCUT2D eigenvalue weighted by atomic mass is 9.74. The van der Waals surface area contributed by atoms with Crippen LogP contribution in [0.4, 0.5) is 0 Å². The summed E-state index contributed by atoms with van der Waals surface area (Å²) in [5, 5.41) is 4.23. The van der Waals surface area contributed by atoms with E-state index in [1.165, 1.54) is 17.1 Å². The molecule has 2 aliphatic heterocycles. The van der Waals surface area contributed by atoms with E-state index in [9.17, 15) is 8.42 Å². The van der Waals surface area contributed by atoms with Crippen molar-refractivity contribution in [2.45, 2.75) is 44.1 Å². The van der Waals surface area contributed by atoms with Crippen LogP contribution in [0.15, 0.2) is 4.52 Å². The van der Waals surface area contributed by atoms with Crippen molar-refractivity contribution >= 4 is 10.2 Å². The summed E-state index contributed by atoms with van der Waals surface area (Å²) in [5.41, 5.74) is -0.201. The van der Waals surface area contributed by atoms with E-state index in [0.29, 0.717) is 63.6 Å². The van der Waals surface area contributed by atoms with Crippen molar-refractivity contribution in [2.75, 3.05) is 46.5 Å². The fraction of sp³-hybridized carbons (Fsp3) is 0.882. The lowest BCUT2D eigenvalue weighted by Crippen LogP contribution is -2.53. The molecule has 1 aromatic heterocycles. The number of rotatable bonds is 7. The third-order valence-corrected chi connectivity index (χ3v) is 7.92. The second kappa shape index (κ2) is 7.75. The van der Waals surface area contributed by atoms with Crippen LogP contribution in [0.5, 0.6) is 0 Å². The van der Waals surface area contributed by atoms with Crippen molar-refractivity contribution in [3.63, 3.8) is 0 Å². The third kappa shape index (κ3) is 4.04. The summed E-state index contributed by atoms with van der Waals surface area (Å²) in [6.07, 6.45) is 4.92. The maximum absolute atomic E-state index is 12.9. The fourth-order valence-electron chi connectivity index (χ4n) is 4.13. The molecule has 3 heterocycles. The Morgan fingerprint density at radius 3 is 2.44 bits per heavy atom. The smallest absolute Gasteiger partial charge is 0.282 e. The fourth-order valence-corrected chi connectivity index (χ4v) is 5.71. The van der Waals surface area contributed by atoms with Gasteiger partial charge in [-0.3, -0.25) is 0 Å². The highest BCUT2D eigenvalue weighted by Crippen LogP contribution is 2.46. The zero-order valence-electron chi connectivity index (χ0n) is 15.8. The van der Waals surface area contributed by atoms with Crippen LogP contribution >= 0.6 is 0 Å². The van der Waals surface area contributed by atoms with E-state index >= 15 is 0 Å². The summed E-state index contributed by atoms with van der Waals surface area (Å²) in [6.45, 7) is 3.05. The highest BCUT2D eigenvalue weighted by Gasteiger charge is 2.46. The minimum Gasteiger partial charge on any atom is -0.379 e. The highest BCUT2D eigenvalue weighted by molar-refractivity contribution is 7.86. The molecule has 0 unspecified atom stereocenters. The monoisotopic (exact) mass is 400 g/mol. The van der Waals surface area contributed by atoms with Gasteiger partial charge >= 0.3 is 0 Å². The van der Waals surface area contributed by atoms with Gasteiger partial charge in [0.2, 0.25) is 0 Å². The molecule has 3 fully saturated rings. The van der Waals surface area contributed by atoms with Gasteiger partial charge in [0.15, 0.2) is 5.82 Å². The van der Waals surface area contributed by atoms with Crippen LogP contribution in [0.3, 0.4) is 0 Å². The number of hydrogen-bond acceptors (Lipinski definition) is 7. The van der Waals surface area contributed by atoms with E-state index < -0.39 is 10.2 Å². The largest absolute Gasteiger partial charge is 0.379 e. The van der Waals surface area contributed by atoms with Gasteiger partial charge in [-0.05, 0) is 25.2 Å². The molecule has 0 spiro atoms. The quantitative estimate of drug-likeness (QED) is 0.671. The first-order valence-electron chi connectivity index (χ1n) is 9.68. The van der Waals surface area contributed by atoms with Gasteiger partial charge in [0.25, 0.3) is 16.1 Å². The molecule has 4 rings (SSSR count). The van der Waals surface area contributed by atoms with Crippen LogP contribution < -0.4 is 0 Å². The first-order chi connectivity index (χ1) is 13.0. The van der Waals surface area contributed by atoms with Gasteiger partial charge in [-0.15, -0.1) is 0 Å². The lowest BCUT2D eigenvalue weighted by molar-refractivity contribution is 0.0686. The van der Waals surface area contributed by atoms with E-state index in [1.54, 1.807) is 11.4 Å². The van der Waals surface area contributed by atoms with Crippen molar-refractivity contribution in [3.05, 3.63) is 11.7 Å². The molecule has 0 amide bonds. The van der Waals surface area contributed by atoms with Crippen LogP contribution in [0.25, 0.3) is 0 Å². The first-order valence-corrected chi connectivity index (χ1v) is 11.1. The highest BCUT2D eigenvalue weighted by atomic mass is 32.2. The van der Waals surface area contributed by atoms with Crippen LogP contribution in [0.1, 0.15) is 43.8 Å². The summed E-state index contributed by atoms with van der Waals surface area (Å²) in [4.78, 5) is 4.56. The second-order valence-electron chi connectivity index (χ2n) is 7.79. The number of hydrogen-bond donors (Lipinski definition) is 0. The predicted molar refractivity (Wildman–Crippen MR) is 96.1 cm³/mol. The van der Waals surface area contributed by atoms with Crippen LogP contribution in [0, 0.1) is 5.92 Å². The molecule has 152 valence electrons. The number of ether oxygens (including phenoxy) is 2. The second-order valence-corrected chi connectivity index (χ2v) is 9.72. The summed E-state index contributed by atoms with van der Waals surface area (Å²) in [7, 11) is -1.84. The average molecular weight is 401 g/mol. The summed E-state index contributed by atoms with van der Waals surface area (Å²) >= 11 is 0. The molecule has 3 aliphatic rings. The van der Waals surface area contributed by atoms with E-state index in [0.717, 1.165) is 19.3 Å². The van der Waals surface area contributed by atoms with Gasteiger partial charge in [0, 0.05) is 38.7 Å². The van der Waals surface area contributed by atoms with Crippen molar-refractivity contribution in [2.24, 2.45) is 5.92 Å². The van der Waals surface area contributed by atoms with Crippen molar-refractivity contribution in [3.8, 4) is 0 Å². The van der Waals surface area contributed by atoms with Gasteiger partial charge in [0.1, 0.15) is 6.61 Å². The number of aromatic nitrogens is 2. The van der Waals surface area contributed by atoms with Gasteiger partial charge < -0.3 is 14.0 Å². The molecule has 2 saturated heterocycles. The van der Waals surface area contributed by atoms with E-state index in [2.05, 4.69) is 10.1 Å². The Bertz CT molecular complexity index is 734. The molecule has 1 saturated carbocycles. The van der Waals surface area contributed by atoms with E-state index in [1.807, 2.05) is 0 Å². The number of piperidine rings is 1. The predicted octanol–water partition coefficient (Wildman–Crippen LogP) is 0.927. The normalized spacial score (nSPS) is 24.9. The Hall–Kier alpha value is -1.07. The van der Waals surface area contributed by atoms with Crippen molar-refractivity contribution in [1.29, 1.82) is 0 Å². The topological polar surface area (TPSA) is 98.0 Å². The summed E-state index contributed by atoms with van der Waals surface area (Å²) in [5.74, 6) is 1.88. The SMILES string of the molecule is COCc1nc(C2(CC3CC3)CCN(S(=O)(=O)N3CCOCC3)CC2)no1. The van der Waals surface area contributed by atoms with Gasteiger partial charge in [-0.25, -0.2) is 0 Å². The minimum absolute atomic E-state index is 0.201. The van der Waals surface area contributed by atoms with Crippen LogP contribution in [-0.4, -0.2) is 73.7 Å². The molecular formula is C17H28N4O5S. The third-order valence-electron chi connectivity index (χ3n) is 5.89. The maximum atomic E-state index is 12.9. The Morgan fingerprint density at radius 1 is 1.15 bits per heavy atom. The summed E-state index contributed by atoms with van der Waals surface area (Å²) in [6, 6.07) is 0. The minimum atomic E-state index is -3.43. The molecule has 9 nitrogen and oxygen atoms in total. The standard InChI is InChI=1S/C17H28N4O5S/c1-24-13-15-18-16(19-26-15)17(12-14-2-3-14)4-6-20(7-5-17)27(22,23)21-8-10-25-11-9-21/h14H,2-13H2,1H3. The van der Waals surface area contributed by atoms with E-state index in [4.69, 9.17) is 14.0 Å². The molecule has 10 heteroatoms. The van der Waals surface area contributed by atoms with E-state index in [-0.39, 0.29) is 5.41 Å². The Balaban J connectivity index is 1.49. The molecule has 0 bridgehead atoms. The molecule has 1 aromatic rings. The molecule has 0 radical (unpaired) electrons. The number of methoxy groups -OCH3 is 1. The maximum Gasteiger partial charge on any atom is 0.282 e. The average Bonchev–Trinajstić information content (AvgIpc) is 3.37. The number of nitrogens with zero attached hydrogens (tertiary/aromatic N) is 4. The zero-order valence-corrected chi connectivity index (χ0v) is 16.6. The molecule has 0 N–H and O–H groups in total. The summed E-state index contributed by atoms with van der Waals surface area (Å²) < 4.78 is 44.7. The van der Waals surface area contributed by atoms with Crippen LogP contribution in [0.2, 0.25) is 0 Å². The Morgan fingerprint density at radius 2 is 1.81 bits per heavy atom. The molecule has 0 aromatic carbocycles. The van der Waals surface area contributed by atoms with Crippen LogP contribution in [-0.2, 0) is 31.7 Å². The van der Waals surface area contributed by atoms with Gasteiger partial charge in [-0.1, -0.05) is 18.0 Å². The molecule has 0 atom stereocenters. The Kier molecular flexibility index (Phi) is 5.52. The van der Waals surface area contributed by atoms with Gasteiger partial charge in [0.05, 0.1) is 13.2 Å². The van der Waals surface area contributed by atoms with Gasteiger partial charge in [-0.2, -0.15) is 22.0 Å². The van der Waals surface area contributed by atoms with Crippen molar-refractivity contribution < 1.29 is 22.4 Å². The van der Waals surface area contributed by atoms with Crippen molar-refractivity contribution in [1.82, 2.24) is 18.8 Å². The molecule has 27 heavy (non-hydrogen) atoms. The Labute approximate surface area is 160 Å². The molecular weight excluding hydrogens is 372 g/mol. The lowest BCUT2D eigenvalue weighted by Gasteiger charge is -2.41. The molecule has 1 aliphatic carbocycles. The first kappa shape index (κ1) is 19.3.